The van der Waals surface area contributed by atoms with Gasteiger partial charge in [0.2, 0.25) is 0 Å². The monoisotopic (exact) mass is 586 g/mol. The molecule has 1 N–H and O–H groups in total. The minimum absolute atomic E-state index is 0.184. The van der Waals surface area contributed by atoms with E-state index >= 15 is 0 Å². The van der Waals surface area contributed by atoms with Gasteiger partial charge in [0.25, 0.3) is 5.91 Å². The fourth-order valence-corrected chi connectivity index (χ4v) is 11.1. The molecule has 0 radical (unpaired) electrons. The summed E-state index contributed by atoms with van der Waals surface area (Å²) in [5.74, 6) is 0.0958. The minimum atomic E-state index is -4.38. The molecule has 1 aromatic heterocycles. The van der Waals surface area contributed by atoms with Crippen LogP contribution < -0.4 is 10.2 Å². The van der Waals surface area contributed by atoms with Gasteiger partial charge in [0.1, 0.15) is 17.8 Å². The molecule has 0 atom stereocenters. The minimum Gasteiger partial charge on any atom is -0.416 e. The van der Waals surface area contributed by atoms with Crippen LogP contribution in [0.4, 0.5) is 24.7 Å². The predicted molar refractivity (Wildman–Crippen MR) is 161 cm³/mol. The maximum atomic E-state index is 12.9. The maximum Gasteiger partial charge on any atom is 0.416 e. The van der Waals surface area contributed by atoms with Gasteiger partial charge >= 0.3 is 6.18 Å². The predicted octanol–water partition coefficient (Wildman–Crippen LogP) is 8.12. The Balaban J connectivity index is 1.58. The van der Waals surface area contributed by atoms with E-state index in [1.165, 1.54) is 18.5 Å². The molecule has 2 aromatic carbocycles. The highest BCUT2D eigenvalue weighted by Crippen LogP contribution is 2.42. The lowest BCUT2D eigenvalue weighted by Gasteiger charge is -2.42. The number of carbonyl (C=O) groups excluding carboxylic acids is 1. The third kappa shape index (κ3) is 8.16. The van der Waals surface area contributed by atoms with Gasteiger partial charge in [-0.1, -0.05) is 65.8 Å². The van der Waals surface area contributed by atoms with Crippen molar-refractivity contribution < 1.29 is 22.4 Å². The number of rotatable bonds is 12. The number of benzene rings is 2. The van der Waals surface area contributed by atoms with Crippen molar-refractivity contribution in [1.82, 2.24) is 9.97 Å². The van der Waals surface area contributed by atoms with E-state index in [0.29, 0.717) is 46.8 Å². The molecule has 3 aromatic rings. The highest BCUT2D eigenvalue weighted by Gasteiger charge is 2.44. The summed E-state index contributed by atoms with van der Waals surface area (Å²) in [6.07, 6.45) is -2.28. The van der Waals surface area contributed by atoms with Crippen LogP contribution in [0.25, 0.3) is 0 Å². The quantitative estimate of drug-likeness (QED) is 0.217. The summed E-state index contributed by atoms with van der Waals surface area (Å²) in [4.78, 5) is 23.0. The molecule has 1 heterocycles. The molecule has 0 spiro atoms. The van der Waals surface area contributed by atoms with Crippen molar-refractivity contribution in [1.29, 1.82) is 0 Å². The molecule has 0 saturated heterocycles. The lowest BCUT2D eigenvalue weighted by atomic mass is 10.1. The number of carbonyl (C=O) groups is 1. The number of hydrogen-bond donors (Lipinski definition) is 1. The first-order valence-electron chi connectivity index (χ1n) is 14.0. The van der Waals surface area contributed by atoms with Crippen molar-refractivity contribution in [3.8, 4) is 0 Å². The summed E-state index contributed by atoms with van der Waals surface area (Å²) in [7, 11) is -0.159. The van der Waals surface area contributed by atoms with Gasteiger partial charge in [-0.25, -0.2) is 9.97 Å². The Hall–Kier alpha value is -3.24. The summed E-state index contributed by atoms with van der Waals surface area (Å²) >= 11 is 0. The van der Waals surface area contributed by atoms with Crippen molar-refractivity contribution in [2.24, 2.45) is 0 Å². The molecule has 3 rings (SSSR count). The van der Waals surface area contributed by atoms with Crippen LogP contribution in [0, 0.1) is 0 Å². The Labute approximate surface area is 242 Å². The molecule has 0 bridgehead atoms. The number of aromatic nitrogens is 2. The number of amides is 1. The zero-order valence-corrected chi connectivity index (χ0v) is 25.9. The number of nitrogens with zero attached hydrogens (tertiary/aromatic N) is 3. The van der Waals surface area contributed by atoms with Crippen LogP contribution >= 0.6 is 0 Å². The van der Waals surface area contributed by atoms with Crippen LogP contribution in [-0.4, -0.2) is 37.8 Å². The second-order valence-electron chi connectivity index (χ2n) is 11.4. The first-order valence-corrected chi connectivity index (χ1v) is 16.1. The van der Waals surface area contributed by atoms with Crippen LogP contribution in [0.15, 0.2) is 60.9 Å². The van der Waals surface area contributed by atoms with E-state index in [1.54, 1.807) is 18.0 Å². The zero-order chi connectivity index (χ0) is 30.4. The van der Waals surface area contributed by atoms with E-state index in [2.05, 4.69) is 56.8 Å². The number of alkyl halides is 3. The molecule has 41 heavy (non-hydrogen) atoms. The van der Waals surface area contributed by atoms with Crippen molar-refractivity contribution >= 4 is 25.7 Å². The van der Waals surface area contributed by atoms with Crippen molar-refractivity contribution in [2.75, 3.05) is 23.9 Å². The largest absolute Gasteiger partial charge is 0.416 e. The maximum absolute atomic E-state index is 12.9. The molecular formula is C31H41F3N4O2Si. The molecular weight excluding hydrogens is 545 g/mol. The van der Waals surface area contributed by atoms with E-state index < -0.39 is 20.1 Å². The van der Waals surface area contributed by atoms with Crippen LogP contribution in [0.1, 0.15) is 68.7 Å². The van der Waals surface area contributed by atoms with Crippen LogP contribution in [0.3, 0.4) is 0 Å². The number of halogens is 3. The molecule has 0 fully saturated rings. The Bertz CT molecular complexity index is 1260. The molecule has 10 heteroatoms. The number of hydrogen-bond acceptors (Lipinski definition) is 5. The third-order valence-corrected chi connectivity index (χ3v) is 13.8. The molecule has 222 valence electrons. The van der Waals surface area contributed by atoms with Crippen LogP contribution in [0.2, 0.25) is 16.6 Å². The summed E-state index contributed by atoms with van der Waals surface area (Å²) in [5, 5.41) is 2.87. The summed E-state index contributed by atoms with van der Waals surface area (Å²) in [6, 6.07) is 14.2. The molecule has 0 saturated carbocycles. The Kier molecular flexibility index (Phi) is 10.7. The van der Waals surface area contributed by atoms with E-state index in [-0.39, 0.29) is 11.6 Å². The van der Waals surface area contributed by atoms with Gasteiger partial charge in [0.05, 0.1) is 5.56 Å². The molecule has 1 amide bonds. The van der Waals surface area contributed by atoms with Gasteiger partial charge in [0.15, 0.2) is 8.32 Å². The fraction of sp³-hybridized carbons (Fsp3) is 0.452. The normalized spacial score (nSPS) is 12.3. The second-order valence-corrected chi connectivity index (χ2v) is 16.8. The topological polar surface area (TPSA) is 67.3 Å². The highest BCUT2D eigenvalue weighted by molar-refractivity contribution is 6.77. The van der Waals surface area contributed by atoms with E-state index in [1.807, 2.05) is 24.3 Å². The molecule has 6 nitrogen and oxygen atoms in total. The van der Waals surface area contributed by atoms with Crippen molar-refractivity contribution in [3.63, 3.8) is 0 Å². The van der Waals surface area contributed by atoms with Crippen LogP contribution in [-0.2, 0) is 23.6 Å². The lowest BCUT2D eigenvalue weighted by Crippen LogP contribution is -2.48. The Morgan fingerprint density at radius 1 is 0.902 bits per heavy atom. The molecule has 0 unspecified atom stereocenters. The summed E-state index contributed by atoms with van der Waals surface area (Å²) in [6.45, 7) is 14.7. The average Bonchev–Trinajstić information content (AvgIpc) is 2.91. The van der Waals surface area contributed by atoms with Gasteiger partial charge in [0, 0.05) is 32.0 Å². The molecule has 0 aliphatic rings. The second kappa shape index (κ2) is 13.6. The van der Waals surface area contributed by atoms with Gasteiger partial charge in [-0.2, -0.15) is 13.2 Å². The molecule has 0 aliphatic carbocycles. The van der Waals surface area contributed by atoms with Gasteiger partial charge < -0.3 is 14.6 Å². The molecule has 0 aliphatic heterocycles. The third-order valence-electron chi connectivity index (χ3n) is 7.64. The zero-order valence-electron chi connectivity index (χ0n) is 24.9. The van der Waals surface area contributed by atoms with Gasteiger partial charge in [-0.3, -0.25) is 4.79 Å². The Morgan fingerprint density at radius 2 is 1.46 bits per heavy atom. The van der Waals surface area contributed by atoms with Crippen molar-refractivity contribution in [3.05, 3.63) is 83.3 Å². The first kappa shape index (κ1) is 32.3. The van der Waals surface area contributed by atoms with Crippen molar-refractivity contribution in [2.45, 2.75) is 77.3 Å². The summed E-state index contributed by atoms with van der Waals surface area (Å²) in [5.41, 5.74) is 3.55. The Morgan fingerprint density at radius 3 is 2.00 bits per heavy atom. The highest BCUT2D eigenvalue weighted by atomic mass is 28.4. The lowest BCUT2D eigenvalue weighted by molar-refractivity contribution is -0.137. The average molecular weight is 587 g/mol. The summed E-state index contributed by atoms with van der Waals surface area (Å²) < 4.78 is 45.2. The number of nitrogens with one attached hydrogen (secondary N) is 1. The SMILES string of the molecule is CC(C)[Si](OCCc1ccc(NC(=O)c2cc(N(C)Cc3ccc(C(F)(F)F)cc3)ncn2)cc1)(C(C)C)C(C)C. The van der Waals surface area contributed by atoms with Gasteiger partial charge in [-0.15, -0.1) is 0 Å². The number of anilines is 2. The van der Waals surface area contributed by atoms with Crippen LogP contribution in [0.5, 0.6) is 0 Å². The standard InChI is InChI=1S/C31H41F3N4O2Si/c1-21(2)41(22(3)4,23(5)6)40-17-16-24-10-14-27(15-11-24)37-30(39)28-18-29(36-20-35-28)38(7)19-25-8-12-26(13-9-25)31(32,33)34/h8-15,18,20-23H,16-17,19H2,1-7H3,(H,37,39). The van der Waals surface area contributed by atoms with Gasteiger partial charge in [-0.05, 0) is 58.4 Å². The fourth-order valence-electron chi connectivity index (χ4n) is 5.63. The smallest absolute Gasteiger partial charge is 0.416 e. The van der Waals surface area contributed by atoms with E-state index in [0.717, 1.165) is 24.1 Å². The first-order chi connectivity index (χ1) is 19.2. The van der Waals surface area contributed by atoms with E-state index in [4.69, 9.17) is 4.43 Å². The van der Waals surface area contributed by atoms with E-state index in [9.17, 15) is 18.0 Å².